The van der Waals surface area contributed by atoms with E-state index in [4.69, 9.17) is 0 Å². The Morgan fingerprint density at radius 2 is 1.24 bits per heavy atom. The molecule has 0 aliphatic carbocycles. The molecule has 0 fully saturated rings. The summed E-state index contributed by atoms with van der Waals surface area (Å²) in [5.74, 6) is 0. The molecule has 4 nitrogen and oxygen atoms in total. The first kappa shape index (κ1) is 16.8. The second-order valence-corrected chi connectivity index (χ2v) is 4.95. The molecule has 0 aromatic carbocycles. The molecule has 0 rings (SSSR count). The van der Waals surface area contributed by atoms with E-state index in [2.05, 4.69) is 69.4 Å². The lowest BCUT2D eigenvalue weighted by molar-refractivity contribution is 0.160. The number of rotatable bonds is 9. The maximum atomic E-state index is 4.02. The topological polar surface area (TPSA) is 30.5 Å². The molecule has 4 heteroatoms. The molecular formula is C13H31N4. The summed E-state index contributed by atoms with van der Waals surface area (Å²) >= 11 is 0. The largest absolute Gasteiger partial charge is 0.294 e. The van der Waals surface area contributed by atoms with E-state index in [1.165, 1.54) is 0 Å². The van der Waals surface area contributed by atoms with Crippen LogP contribution < -0.4 is 10.6 Å². The van der Waals surface area contributed by atoms with Crippen LogP contribution in [0.5, 0.6) is 0 Å². The van der Waals surface area contributed by atoms with E-state index in [-0.39, 0.29) is 6.17 Å². The van der Waals surface area contributed by atoms with Crippen LogP contribution in [0.2, 0.25) is 0 Å². The molecule has 103 valence electrons. The van der Waals surface area contributed by atoms with Crippen molar-refractivity contribution in [3.05, 3.63) is 6.92 Å². The molecule has 17 heavy (non-hydrogen) atoms. The molecule has 0 saturated heterocycles. The molecule has 0 aliphatic rings. The van der Waals surface area contributed by atoms with Crippen LogP contribution in [0.15, 0.2) is 0 Å². The summed E-state index contributed by atoms with van der Waals surface area (Å²) in [6, 6.07) is 0. The second-order valence-electron chi connectivity index (χ2n) is 4.95. The van der Waals surface area contributed by atoms with E-state index in [0.717, 1.165) is 19.3 Å². The van der Waals surface area contributed by atoms with E-state index in [1.54, 1.807) is 0 Å². The van der Waals surface area contributed by atoms with Gasteiger partial charge >= 0.3 is 0 Å². The Morgan fingerprint density at radius 3 is 1.41 bits per heavy atom. The normalized spacial score (nSPS) is 17.5. The molecule has 2 atom stereocenters. The molecule has 1 radical (unpaired) electrons. The molecule has 0 heterocycles. The third-order valence-electron chi connectivity index (χ3n) is 3.10. The van der Waals surface area contributed by atoms with Crippen molar-refractivity contribution in [2.75, 3.05) is 28.2 Å². The van der Waals surface area contributed by atoms with Crippen molar-refractivity contribution in [1.82, 2.24) is 20.4 Å². The molecule has 0 aromatic rings. The molecule has 0 saturated carbocycles. The maximum absolute atomic E-state index is 4.02. The summed E-state index contributed by atoms with van der Waals surface area (Å²) in [6.45, 7) is 8.41. The molecule has 0 amide bonds. The fourth-order valence-corrected chi connectivity index (χ4v) is 1.94. The zero-order valence-electron chi connectivity index (χ0n) is 12.5. The van der Waals surface area contributed by atoms with Gasteiger partial charge in [0, 0.05) is 0 Å². The van der Waals surface area contributed by atoms with Gasteiger partial charge in [0.05, 0.1) is 18.5 Å². The highest BCUT2D eigenvalue weighted by Crippen LogP contribution is 2.01. The molecule has 2 unspecified atom stereocenters. The lowest BCUT2D eigenvalue weighted by atomic mass is 10.2. The summed E-state index contributed by atoms with van der Waals surface area (Å²) in [4.78, 5) is 4.42. The van der Waals surface area contributed by atoms with Gasteiger partial charge in [0.1, 0.15) is 0 Å². The Morgan fingerprint density at radius 1 is 0.882 bits per heavy atom. The van der Waals surface area contributed by atoms with Crippen molar-refractivity contribution in [1.29, 1.82) is 0 Å². The molecular weight excluding hydrogens is 212 g/mol. The Kier molecular flexibility index (Phi) is 8.78. The zero-order chi connectivity index (χ0) is 13.4. The van der Waals surface area contributed by atoms with Gasteiger partial charge in [-0.3, -0.25) is 20.4 Å². The molecule has 2 N–H and O–H groups in total. The van der Waals surface area contributed by atoms with Gasteiger partial charge in [-0.05, 0) is 47.5 Å². The maximum Gasteiger partial charge on any atom is 0.0601 e. The number of hydrogen-bond acceptors (Lipinski definition) is 4. The quantitative estimate of drug-likeness (QED) is 0.598. The predicted octanol–water partition coefficient (Wildman–Crippen LogP) is 1.31. The summed E-state index contributed by atoms with van der Waals surface area (Å²) in [5.41, 5.74) is 0. The summed E-state index contributed by atoms with van der Waals surface area (Å²) < 4.78 is 0. The predicted molar refractivity (Wildman–Crippen MR) is 75.6 cm³/mol. The van der Waals surface area contributed by atoms with E-state index in [1.807, 2.05) is 0 Å². The monoisotopic (exact) mass is 243 g/mol. The van der Waals surface area contributed by atoms with E-state index < -0.39 is 0 Å². The van der Waals surface area contributed by atoms with Crippen LogP contribution >= 0.6 is 0 Å². The second kappa shape index (κ2) is 8.86. The number of nitrogens with one attached hydrogen (secondary N) is 2. The van der Waals surface area contributed by atoms with Gasteiger partial charge in [0.25, 0.3) is 0 Å². The van der Waals surface area contributed by atoms with E-state index in [0.29, 0.717) is 12.3 Å². The molecule has 0 spiro atoms. The fourth-order valence-electron chi connectivity index (χ4n) is 1.94. The minimum absolute atomic E-state index is 0.259. The third-order valence-corrected chi connectivity index (χ3v) is 3.10. The van der Waals surface area contributed by atoms with Gasteiger partial charge < -0.3 is 0 Å². The Balaban J connectivity index is 4.31. The highest BCUT2D eigenvalue weighted by molar-refractivity contribution is 4.74. The van der Waals surface area contributed by atoms with Crippen molar-refractivity contribution < 1.29 is 0 Å². The molecule has 0 aromatic heterocycles. The minimum atomic E-state index is 0.259. The average Bonchev–Trinajstić information content (AvgIpc) is 2.28. The number of hydrogen-bond donors (Lipinski definition) is 2. The van der Waals surface area contributed by atoms with Gasteiger partial charge in [-0.2, -0.15) is 0 Å². The lowest BCUT2D eigenvalue weighted by Crippen LogP contribution is -2.56. The van der Waals surface area contributed by atoms with E-state index in [9.17, 15) is 0 Å². The van der Waals surface area contributed by atoms with Crippen LogP contribution in [0.25, 0.3) is 0 Å². The Bertz CT molecular complexity index is 164. The average molecular weight is 243 g/mol. The van der Waals surface area contributed by atoms with Crippen LogP contribution in [0.1, 0.15) is 33.1 Å². The van der Waals surface area contributed by atoms with E-state index >= 15 is 0 Å². The van der Waals surface area contributed by atoms with Crippen molar-refractivity contribution in [3.8, 4) is 0 Å². The Labute approximate surface area is 108 Å². The fraction of sp³-hybridized carbons (Fsp3) is 0.923. The van der Waals surface area contributed by atoms with Gasteiger partial charge in [0.2, 0.25) is 0 Å². The van der Waals surface area contributed by atoms with Gasteiger partial charge in [-0.15, -0.1) is 0 Å². The third kappa shape index (κ3) is 6.36. The highest BCUT2D eigenvalue weighted by Gasteiger charge is 2.17. The first-order valence-corrected chi connectivity index (χ1v) is 6.60. The first-order valence-electron chi connectivity index (χ1n) is 6.60. The van der Waals surface area contributed by atoms with Crippen LogP contribution in [0.3, 0.4) is 0 Å². The summed E-state index contributed by atoms with van der Waals surface area (Å²) in [7, 11) is 8.41. The zero-order valence-corrected chi connectivity index (χ0v) is 12.5. The van der Waals surface area contributed by atoms with Crippen molar-refractivity contribution in [3.63, 3.8) is 0 Å². The van der Waals surface area contributed by atoms with Crippen LogP contribution in [-0.2, 0) is 0 Å². The van der Waals surface area contributed by atoms with Crippen LogP contribution in [0.4, 0.5) is 0 Å². The van der Waals surface area contributed by atoms with Crippen molar-refractivity contribution in [2.24, 2.45) is 0 Å². The number of nitrogens with zero attached hydrogens (tertiary/aromatic N) is 2. The standard InChI is InChI=1S/C13H31N4/c1-8-11(14-12(9-2)16(4)5)15-13(10-3)17(6)7/h11-15H,1,8-10H2,2-7H3. The highest BCUT2D eigenvalue weighted by atomic mass is 15.3. The molecule has 0 aliphatic heterocycles. The van der Waals surface area contributed by atoms with Crippen molar-refractivity contribution >= 4 is 0 Å². The molecule has 0 bridgehead atoms. The Hall–Kier alpha value is -0.160. The summed E-state index contributed by atoms with van der Waals surface area (Å²) in [6.07, 6.45) is 4.07. The minimum Gasteiger partial charge on any atom is -0.294 e. The van der Waals surface area contributed by atoms with Gasteiger partial charge in [0.15, 0.2) is 0 Å². The summed E-state index contributed by atoms with van der Waals surface area (Å²) in [5, 5.41) is 7.20. The smallest absolute Gasteiger partial charge is 0.0601 e. The van der Waals surface area contributed by atoms with Crippen molar-refractivity contribution in [2.45, 2.75) is 51.6 Å². The lowest BCUT2D eigenvalue weighted by Gasteiger charge is -2.34. The van der Waals surface area contributed by atoms with Gasteiger partial charge in [-0.1, -0.05) is 20.8 Å². The van der Waals surface area contributed by atoms with Crippen LogP contribution in [0, 0.1) is 6.92 Å². The first-order chi connectivity index (χ1) is 7.96. The van der Waals surface area contributed by atoms with Gasteiger partial charge in [-0.25, -0.2) is 0 Å². The SMILES string of the molecule is [CH2]CC(NC(CC)N(C)C)NC(CC)N(C)C. The van der Waals surface area contributed by atoms with Crippen LogP contribution in [-0.4, -0.2) is 56.5 Å².